The van der Waals surface area contributed by atoms with Crippen LogP contribution in [-0.2, 0) is 0 Å². The van der Waals surface area contributed by atoms with Gasteiger partial charge in [-0.15, -0.1) is 0 Å². The molecule has 0 spiro atoms. The van der Waals surface area contributed by atoms with Crippen molar-refractivity contribution < 1.29 is 18.7 Å². The molecule has 4 nitrogen and oxygen atoms in total. The van der Waals surface area contributed by atoms with E-state index in [4.69, 9.17) is 0 Å². The van der Waals surface area contributed by atoms with Crippen LogP contribution in [0, 0.1) is 5.92 Å². The number of halogens is 1. The van der Waals surface area contributed by atoms with Gasteiger partial charge in [-0.3, -0.25) is 0 Å². The summed E-state index contributed by atoms with van der Waals surface area (Å²) >= 11 is -1.80. The van der Waals surface area contributed by atoms with E-state index in [1.165, 1.54) is 43.6 Å². The summed E-state index contributed by atoms with van der Waals surface area (Å²) in [7, 11) is 0. The second-order valence-electron chi connectivity index (χ2n) is 8.08. The van der Waals surface area contributed by atoms with E-state index in [0.29, 0.717) is 18.1 Å². The van der Waals surface area contributed by atoms with Crippen molar-refractivity contribution in [2.45, 2.75) is 52.2 Å². The third-order valence-corrected chi connectivity index (χ3v) is 13.7. The second-order valence-corrected chi connectivity index (χ2v) is 18.1. The molecule has 3 unspecified atom stereocenters. The molecule has 3 atom stereocenters. The van der Waals surface area contributed by atoms with Gasteiger partial charge in [-0.1, -0.05) is 0 Å². The predicted molar refractivity (Wildman–Crippen MR) is 98.0 cm³/mol. The molecule has 0 aromatic rings. The van der Waals surface area contributed by atoms with E-state index in [-0.39, 0.29) is 0 Å². The molecule has 140 valence electrons. The summed E-state index contributed by atoms with van der Waals surface area (Å²) in [4.78, 5) is 7.91. The van der Waals surface area contributed by atoms with Crippen molar-refractivity contribution in [2.75, 3.05) is 53.6 Å². The number of rotatable bonds is 6. The molecular formula is C18H40IN4-. The summed E-state index contributed by atoms with van der Waals surface area (Å²) in [6, 6.07) is 2.07. The molecule has 2 heterocycles. The van der Waals surface area contributed by atoms with Gasteiger partial charge in [-0.25, -0.2) is 0 Å². The molecule has 0 aromatic heterocycles. The van der Waals surface area contributed by atoms with Gasteiger partial charge in [0.2, 0.25) is 0 Å². The van der Waals surface area contributed by atoms with Gasteiger partial charge in [0.25, 0.3) is 0 Å². The van der Waals surface area contributed by atoms with Crippen LogP contribution in [0.25, 0.3) is 0 Å². The number of hydrogen-bond donors (Lipinski definition) is 2. The molecule has 5 heteroatoms. The first-order valence-electron chi connectivity index (χ1n) is 9.41. The van der Waals surface area contributed by atoms with Crippen molar-refractivity contribution in [1.82, 2.24) is 18.6 Å². The Kier molecular flexibility index (Phi) is 7.60. The first-order chi connectivity index (χ1) is 10.8. The minimum absolute atomic E-state index is 0.680. The fraction of sp³-hybridized carbons (Fsp3) is 1.00. The summed E-state index contributed by atoms with van der Waals surface area (Å²) in [5, 5.41) is 7.48. The molecular weight excluding hydrogens is 399 g/mol. The van der Waals surface area contributed by atoms with Crippen LogP contribution >= 0.6 is 0 Å². The van der Waals surface area contributed by atoms with Gasteiger partial charge in [0.1, 0.15) is 0 Å². The molecule has 2 saturated heterocycles. The topological polar surface area (TPSA) is 30.5 Å². The first-order valence-corrected chi connectivity index (χ1v) is 16.2. The maximum atomic E-state index is 3.81. The molecule has 0 radical (unpaired) electrons. The first kappa shape index (κ1) is 19.9. The minimum atomic E-state index is -1.80. The van der Waals surface area contributed by atoms with Crippen LogP contribution < -0.4 is 29.3 Å². The van der Waals surface area contributed by atoms with Gasteiger partial charge in [-0.05, 0) is 0 Å². The van der Waals surface area contributed by atoms with E-state index >= 15 is 0 Å². The zero-order valence-electron chi connectivity index (χ0n) is 16.2. The van der Waals surface area contributed by atoms with E-state index in [1.807, 2.05) is 0 Å². The van der Waals surface area contributed by atoms with Crippen LogP contribution in [0.2, 0.25) is 0 Å². The van der Waals surface area contributed by atoms with Crippen molar-refractivity contribution in [2.24, 2.45) is 5.92 Å². The Hall–Kier alpha value is 0.570. The van der Waals surface area contributed by atoms with E-state index in [1.54, 1.807) is 0 Å². The molecule has 0 aromatic carbocycles. The number of nitrogens with zero attached hydrogens (tertiary/aromatic N) is 2. The number of piperazine rings is 2. The van der Waals surface area contributed by atoms with E-state index in [0.717, 1.165) is 12.5 Å². The monoisotopic (exact) mass is 439 g/mol. The van der Waals surface area contributed by atoms with Gasteiger partial charge >= 0.3 is 149 Å². The van der Waals surface area contributed by atoms with Crippen molar-refractivity contribution >= 4 is 0 Å². The molecule has 0 amide bonds. The van der Waals surface area contributed by atoms with E-state index in [9.17, 15) is 0 Å². The third-order valence-electron chi connectivity index (χ3n) is 5.62. The van der Waals surface area contributed by atoms with Crippen molar-refractivity contribution in [3.63, 3.8) is 0 Å². The van der Waals surface area contributed by atoms with Gasteiger partial charge < -0.3 is 0 Å². The Morgan fingerprint density at radius 2 is 1.74 bits per heavy atom. The van der Waals surface area contributed by atoms with Crippen LogP contribution in [0.15, 0.2) is 0 Å². The summed E-state index contributed by atoms with van der Waals surface area (Å²) in [6.45, 7) is 16.8. The molecule has 23 heavy (non-hydrogen) atoms. The predicted octanol–water partition coefficient (Wildman–Crippen LogP) is -1.68. The standard InChI is InChI=1S/C18H40IN4/c1-7-17-13-23(11-9-20-17)19(5,6)12-16(4)18-14-22(15(2)3)10-8-21-18/h15-18,20-21H,7-14H2,1-6H3/q-1. The molecule has 2 N–H and O–H groups in total. The fourth-order valence-electron chi connectivity index (χ4n) is 3.93. The molecule has 0 bridgehead atoms. The Morgan fingerprint density at radius 1 is 1.04 bits per heavy atom. The van der Waals surface area contributed by atoms with Crippen LogP contribution in [0.1, 0.15) is 34.1 Å². The van der Waals surface area contributed by atoms with E-state index < -0.39 is 18.7 Å². The van der Waals surface area contributed by atoms with Gasteiger partial charge in [0.15, 0.2) is 0 Å². The van der Waals surface area contributed by atoms with Gasteiger partial charge in [0, 0.05) is 0 Å². The zero-order valence-corrected chi connectivity index (χ0v) is 18.4. The Morgan fingerprint density at radius 3 is 2.39 bits per heavy atom. The number of hydrogen-bond acceptors (Lipinski definition) is 4. The second kappa shape index (κ2) is 8.79. The van der Waals surface area contributed by atoms with Crippen LogP contribution in [0.3, 0.4) is 0 Å². The number of nitrogens with one attached hydrogen (secondary N) is 2. The average Bonchev–Trinajstić information content (AvgIpc) is 2.54. The maximum absolute atomic E-state index is 3.81. The zero-order chi connectivity index (χ0) is 17.0. The van der Waals surface area contributed by atoms with Gasteiger partial charge in [0.05, 0.1) is 0 Å². The fourth-order valence-corrected chi connectivity index (χ4v) is 11.6. The summed E-state index contributed by atoms with van der Waals surface area (Å²) < 4.78 is 4.35. The molecule has 0 saturated carbocycles. The summed E-state index contributed by atoms with van der Waals surface area (Å²) in [5.41, 5.74) is 0. The third kappa shape index (κ3) is 5.53. The van der Waals surface area contributed by atoms with Gasteiger partial charge in [-0.2, -0.15) is 0 Å². The molecule has 2 aliphatic heterocycles. The molecule has 0 aliphatic carbocycles. The molecule has 2 rings (SSSR count). The molecule has 2 aliphatic rings. The van der Waals surface area contributed by atoms with Crippen LogP contribution in [0.4, 0.5) is 0 Å². The number of alkyl halides is 3. The van der Waals surface area contributed by atoms with Crippen molar-refractivity contribution in [1.29, 1.82) is 0 Å². The quantitative estimate of drug-likeness (QED) is 0.294. The normalized spacial score (nSPS) is 30.6. The van der Waals surface area contributed by atoms with E-state index in [2.05, 4.69) is 56.2 Å². The summed E-state index contributed by atoms with van der Waals surface area (Å²) in [6.07, 6.45) is 1.26. The van der Waals surface area contributed by atoms with Crippen LogP contribution in [0.5, 0.6) is 0 Å². The Balaban J connectivity index is 1.90. The van der Waals surface area contributed by atoms with Crippen molar-refractivity contribution in [3.8, 4) is 0 Å². The van der Waals surface area contributed by atoms with Crippen LogP contribution in [-0.4, -0.2) is 79.7 Å². The summed E-state index contributed by atoms with van der Waals surface area (Å²) in [5.74, 6) is 0.790. The Labute approximate surface area is 149 Å². The Bertz CT molecular complexity index is 361. The SMILES string of the molecule is CCC1CN([I-](C)(C)CC(C)C2CN(C(C)C)CCN2)CCN1. The van der Waals surface area contributed by atoms with Crippen molar-refractivity contribution in [3.05, 3.63) is 0 Å². The molecule has 2 fully saturated rings. The average molecular weight is 439 g/mol.